The molecule has 0 fully saturated rings. The van der Waals surface area contributed by atoms with Gasteiger partial charge in [0.25, 0.3) is 0 Å². The molecule has 0 aliphatic heterocycles. The molecule has 0 spiro atoms. The molecule has 2 unspecified atom stereocenters. The second-order valence-corrected chi connectivity index (χ2v) is 5.72. The van der Waals surface area contributed by atoms with Crippen molar-refractivity contribution in [3.8, 4) is 0 Å². The van der Waals surface area contributed by atoms with Crippen molar-refractivity contribution in [2.24, 2.45) is 5.92 Å². The van der Waals surface area contributed by atoms with E-state index in [1.165, 1.54) is 0 Å². The largest absolute Gasteiger partial charge is 0.481 e. The Morgan fingerprint density at radius 1 is 1.15 bits per heavy atom. The predicted molar refractivity (Wildman–Crippen MR) is 79.8 cm³/mol. The van der Waals surface area contributed by atoms with E-state index < -0.39 is 5.97 Å². The lowest BCUT2D eigenvalue weighted by atomic mass is 10.0. The van der Waals surface area contributed by atoms with Gasteiger partial charge in [0, 0.05) is 19.0 Å². The van der Waals surface area contributed by atoms with Gasteiger partial charge in [-0.15, -0.1) is 0 Å². The van der Waals surface area contributed by atoms with Crippen LogP contribution in [0.3, 0.4) is 0 Å². The molecule has 0 aromatic carbocycles. The number of nitrogens with zero attached hydrogens (tertiary/aromatic N) is 1. The molecule has 2 amide bonds. The first kappa shape index (κ1) is 18.7. The third kappa shape index (κ3) is 11.8. The van der Waals surface area contributed by atoms with Crippen LogP contribution < -0.4 is 10.6 Å². The number of carboxylic acids is 1. The Morgan fingerprint density at radius 2 is 1.80 bits per heavy atom. The van der Waals surface area contributed by atoms with Gasteiger partial charge < -0.3 is 20.6 Å². The highest BCUT2D eigenvalue weighted by atomic mass is 16.4. The number of carbonyl (C=O) groups excluding carboxylic acids is 1. The number of urea groups is 1. The van der Waals surface area contributed by atoms with E-state index in [2.05, 4.69) is 15.5 Å². The van der Waals surface area contributed by atoms with Crippen LogP contribution in [0.25, 0.3) is 0 Å². The summed E-state index contributed by atoms with van der Waals surface area (Å²) in [6.07, 6.45) is 2.55. The van der Waals surface area contributed by atoms with E-state index in [0.29, 0.717) is 18.9 Å². The van der Waals surface area contributed by atoms with Crippen molar-refractivity contribution in [3.63, 3.8) is 0 Å². The first-order chi connectivity index (χ1) is 9.31. The Morgan fingerprint density at radius 3 is 2.35 bits per heavy atom. The van der Waals surface area contributed by atoms with Gasteiger partial charge in [0.2, 0.25) is 0 Å². The fourth-order valence-electron chi connectivity index (χ4n) is 1.75. The molecule has 0 aliphatic carbocycles. The van der Waals surface area contributed by atoms with E-state index in [9.17, 15) is 9.59 Å². The summed E-state index contributed by atoms with van der Waals surface area (Å²) in [7, 11) is 4.01. The summed E-state index contributed by atoms with van der Waals surface area (Å²) in [5.41, 5.74) is 0. The first-order valence-corrected chi connectivity index (χ1v) is 7.22. The lowest BCUT2D eigenvalue weighted by Crippen LogP contribution is -2.42. The predicted octanol–water partition coefficient (Wildman–Crippen LogP) is 1.52. The van der Waals surface area contributed by atoms with Crippen molar-refractivity contribution < 1.29 is 14.7 Å². The van der Waals surface area contributed by atoms with Gasteiger partial charge in [0.1, 0.15) is 0 Å². The van der Waals surface area contributed by atoms with Gasteiger partial charge in [-0.2, -0.15) is 0 Å². The van der Waals surface area contributed by atoms with Crippen LogP contribution in [0.1, 0.15) is 39.5 Å². The van der Waals surface area contributed by atoms with Gasteiger partial charge in [-0.1, -0.05) is 6.92 Å². The fraction of sp³-hybridized carbons (Fsp3) is 0.857. The topological polar surface area (TPSA) is 81.7 Å². The molecule has 2 atom stereocenters. The summed E-state index contributed by atoms with van der Waals surface area (Å²) < 4.78 is 0. The Bertz CT molecular complexity index is 295. The van der Waals surface area contributed by atoms with Crippen LogP contribution in [-0.2, 0) is 4.79 Å². The summed E-state index contributed by atoms with van der Waals surface area (Å²) in [5.74, 6) is -0.463. The minimum absolute atomic E-state index is 0.141. The molecule has 0 bridgehead atoms. The average molecular weight is 287 g/mol. The Kier molecular flexibility index (Phi) is 9.80. The van der Waals surface area contributed by atoms with Crippen LogP contribution in [0.5, 0.6) is 0 Å². The van der Waals surface area contributed by atoms with Crippen LogP contribution in [-0.4, -0.2) is 55.2 Å². The average Bonchev–Trinajstić information content (AvgIpc) is 2.33. The van der Waals surface area contributed by atoms with Crippen molar-refractivity contribution in [1.29, 1.82) is 0 Å². The van der Waals surface area contributed by atoms with Gasteiger partial charge in [-0.25, -0.2) is 4.79 Å². The molecule has 0 saturated heterocycles. The number of carboxylic acid groups (broad SMARTS) is 1. The number of rotatable bonds is 10. The van der Waals surface area contributed by atoms with Crippen LogP contribution in [0, 0.1) is 5.92 Å². The summed E-state index contributed by atoms with van der Waals surface area (Å²) in [4.78, 5) is 24.1. The third-order valence-electron chi connectivity index (χ3n) is 3.16. The summed E-state index contributed by atoms with van der Waals surface area (Å²) in [6.45, 7) is 5.50. The number of hydrogen-bond acceptors (Lipinski definition) is 3. The SMILES string of the molecule is CC(CCNC(=O)NC(C)CCN(C)C)CCC(=O)O. The normalized spacial score (nSPS) is 13.8. The number of nitrogens with one attached hydrogen (secondary N) is 2. The van der Waals surface area contributed by atoms with E-state index in [0.717, 1.165) is 19.4 Å². The molecule has 0 aromatic rings. The first-order valence-electron chi connectivity index (χ1n) is 7.22. The molecule has 0 rings (SSSR count). The standard InChI is InChI=1S/C14H29N3O3/c1-11(5-6-13(18)19)7-9-15-14(20)16-12(2)8-10-17(3)4/h11-12H,5-10H2,1-4H3,(H,18,19)(H2,15,16,20). The minimum Gasteiger partial charge on any atom is -0.481 e. The molecular weight excluding hydrogens is 258 g/mol. The zero-order chi connectivity index (χ0) is 15.5. The summed E-state index contributed by atoms with van der Waals surface area (Å²) in [6, 6.07) is -0.0106. The summed E-state index contributed by atoms with van der Waals surface area (Å²) in [5, 5.41) is 14.3. The molecule has 0 radical (unpaired) electrons. The maximum absolute atomic E-state index is 11.6. The maximum Gasteiger partial charge on any atom is 0.314 e. The van der Waals surface area contributed by atoms with Crippen LogP contribution in [0.4, 0.5) is 4.79 Å². The summed E-state index contributed by atoms with van der Waals surface area (Å²) >= 11 is 0. The molecule has 0 heterocycles. The molecule has 6 heteroatoms. The number of hydrogen-bond donors (Lipinski definition) is 3. The van der Waals surface area contributed by atoms with Crippen molar-refractivity contribution in [1.82, 2.24) is 15.5 Å². The molecule has 0 aromatic heterocycles. The van der Waals surface area contributed by atoms with Gasteiger partial charge >= 0.3 is 12.0 Å². The lowest BCUT2D eigenvalue weighted by molar-refractivity contribution is -0.137. The number of aliphatic carboxylic acids is 1. The number of carbonyl (C=O) groups is 2. The van der Waals surface area contributed by atoms with E-state index in [4.69, 9.17) is 5.11 Å². The quantitative estimate of drug-likeness (QED) is 0.569. The van der Waals surface area contributed by atoms with Crippen molar-refractivity contribution in [3.05, 3.63) is 0 Å². The second kappa shape index (κ2) is 10.5. The van der Waals surface area contributed by atoms with E-state index in [1.54, 1.807) is 0 Å². The zero-order valence-electron chi connectivity index (χ0n) is 13.1. The molecule has 118 valence electrons. The molecule has 0 aliphatic rings. The highest BCUT2D eigenvalue weighted by Crippen LogP contribution is 2.08. The molecule has 0 saturated carbocycles. The van der Waals surface area contributed by atoms with E-state index in [-0.39, 0.29) is 18.5 Å². The fourth-order valence-corrected chi connectivity index (χ4v) is 1.75. The van der Waals surface area contributed by atoms with Crippen molar-refractivity contribution >= 4 is 12.0 Å². The molecular formula is C14H29N3O3. The highest BCUT2D eigenvalue weighted by Gasteiger charge is 2.09. The van der Waals surface area contributed by atoms with Crippen LogP contribution in [0.2, 0.25) is 0 Å². The molecule has 3 N–H and O–H groups in total. The number of amides is 2. The molecule has 20 heavy (non-hydrogen) atoms. The van der Waals surface area contributed by atoms with E-state index >= 15 is 0 Å². The van der Waals surface area contributed by atoms with Crippen LogP contribution >= 0.6 is 0 Å². The van der Waals surface area contributed by atoms with Crippen molar-refractivity contribution in [2.75, 3.05) is 27.2 Å². The lowest BCUT2D eigenvalue weighted by Gasteiger charge is -2.17. The van der Waals surface area contributed by atoms with Crippen molar-refractivity contribution in [2.45, 2.75) is 45.6 Å². The maximum atomic E-state index is 11.6. The Balaban J connectivity index is 3.64. The van der Waals surface area contributed by atoms with Gasteiger partial charge in [0.15, 0.2) is 0 Å². The Hall–Kier alpha value is -1.30. The second-order valence-electron chi connectivity index (χ2n) is 5.72. The zero-order valence-corrected chi connectivity index (χ0v) is 13.1. The van der Waals surface area contributed by atoms with Gasteiger partial charge in [0.05, 0.1) is 0 Å². The third-order valence-corrected chi connectivity index (χ3v) is 3.16. The Labute approximate surface area is 121 Å². The van der Waals surface area contributed by atoms with E-state index in [1.807, 2.05) is 27.9 Å². The monoisotopic (exact) mass is 287 g/mol. The minimum atomic E-state index is -0.766. The van der Waals surface area contributed by atoms with Gasteiger partial charge in [-0.05, 0) is 52.7 Å². The highest BCUT2D eigenvalue weighted by molar-refractivity contribution is 5.74. The smallest absolute Gasteiger partial charge is 0.314 e. The molecule has 6 nitrogen and oxygen atoms in total. The van der Waals surface area contributed by atoms with Gasteiger partial charge in [-0.3, -0.25) is 4.79 Å². The van der Waals surface area contributed by atoms with Crippen LogP contribution in [0.15, 0.2) is 0 Å².